The summed E-state index contributed by atoms with van der Waals surface area (Å²) in [5.74, 6) is -0.274. The molecule has 0 aliphatic rings. The van der Waals surface area contributed by atoms with E-state index >= 15 is 0 Å². The molecule has 0 aromatic rings. The second-order valence-electron chi connectivity index (χ2n) is 2.69. The van der Waals surface area contributed by atoms with Crippen LogP contribution in [-0.2, 0) is 14.3 Å². The Morgan fingerprint density at radius 2 is 2.23 bits per heavy atom. The van der Waals surface area contributed by atoms with Crippen LogP contribution in [0.3, 0.4) is 0 Å². The van der Waals surface area contributed by atoms with Crippen LogP contribution in [0.5, 0.6) is 0 Å². The van der Waals surface area contributed by atoms with Crippen molar-refractivity contribution in [3.8, 4) is 6.07 Å². The van der Waals surface area contributed by atoms with Crippen LogP contribution in [0.1, 0.15) is 25.7 Å². The summed E-state index contributed by atoms with van der Waals surface area (Å²) in [6.07, 6.45) is 2.12. The summed E-state index contributed by atoms with van der Waals surface area (Å²) in [4.78, 5) is 10.8. The van der Waals surface area contributed by atoms with E-state index in [-0.39, 0.29) is 18.5 Å². The molecule has 0 N–H and O–H groups in total. The third kappa shape index (κ3) is 6.12. The Morgan fingerprint density at radius 3 is 2.69 bits per heavy atom. The maximum atomic E-state index is 10.8. The minimum absolute atomic E-state index is 0.124. The van der Waals surface area contributed by atoms with Gasteiger partial charge in [-0.15, -0.1) is 0 Å². The van der Waals surface area contributed by atoms with Gasteiger partial charge >= 0.3 is 5.97 Å². The molecule has 0 amide bonds. The van der Waals surface area contributed by atoms with E-state index in [1.54, 1.807) is 7.11 Å². The molecule has 4 nitrogen and oxygen atoms in total. The Labute approximate surface area is 78.4 Å². The predicted molar refractivity (Wildman–Crippen MR) is 46.9 cm³/mol. The fraction of sp³-hybridized carbons (Fsp3) is 0.778. The zero-order chi connectivity index (χ0) is 10.1. The topological polar surface area (TPSA) is 59.3 Å². The lowest BCUT2D eigenvalue weighted by Gasteiger charge is -2.12. The number of ether oxygens (including phenoxy) is 2. The summed E-state index contributed by atoms with van der Waals surface area (Å²) in [6, 6.07) is 2.04. The van der Waals surface area contributed by atoms with Crippen LogP contribution in [0.2, 0.25) is 0 Å². The van der Waals surface area contributed by atoms with Gasteiger partial charge in [0.25, 0.3) is 0 Å². The lowest BCUT2D eigenvalue weighted by Crippen LogP contribution is -2.17. The third-order valence-corrected chi connectivity index (χ3v) is 1.77. The van der Waals surface area contributed by atoms with Gasteiger partial charge in [0.05, 0.1) is 25.7 Å². The van der Waals surface area contributed by atoms with E-state index in [4.69, 9.17) is 10.00 Å². The lowest BCUT2D eigenvalue weighted by atomic mass is 10.1. The van der Waals surface area contributed by atoms with Crippen molar-refractivity contribution in [3.63, 3.8) is 0 Å². The van der Waals surface area contributed by atoms with E-state index < -0.39 is 0 Å². The Hall–Kier alpha value is -1.08. The summed E-state index contributed by atoms with van der Waals surface area (Å²) >= 11 is 0. The summed E-state index contributed by atoms with van der Waals surface area (Å²) in [5.41, 5.74) is 0. The predicted octanol–water partition coefficient (Wildman–Crippen LogP) is 1.26. The Morgan fingerprint density at radius 1 is 1.54 bits per heavy atom. The molecule has 1 unspecified atom stereocenters. The van der Waals surface area contributed by atoms with Gasteiger partial charge in [0.15, 0.2) is 0 Å². The molecule has 0 aromatic carbocycles. The van der Waals surface area contributed by atoms with Crippen LogP contribution in [0.25, 0.3) is 0 Å². The molecule has 4 heteroatoms. The van der Waals surface area contributed by atoms with Gasteiger partial charge in [-0.1, -0.05) is 0 Å². The standard InChI is InChI=1S/C9H15NO3/c1-12-8(5-3-4-6-10)7-9(11)13-2/h8H,3-5,7H2,1-2H3. The first-order chi connectivity index (χ1) is 6.24. The molecule has 0 saturated carbocycles. The third-order valence-electron chi connectivity index (χ3n) is 1.77. The first-order valence-electron chi connectivity index (χ1n) is 4.21. The highest BCUT2D eigenvalue weighted by Crippen LogP contribution is 2.08. The molecular formula is C9H15NO3. The Bertz CT molecular complexity index is 186. The first-order valence-corrected chi connectivity index (χ1v) is 4.21. The monoisotopic (exact) mass is 185 g/mol. The van der Waals surface area contributed by atoms with E-state index in [1.807, 2.05) is 6.07 Å². The number of hydrogen-bond donors (Lipinski definition) is 0. The number of nitrogens with zero attached hydrogens (tertiary/aromatic N) is 1. The average molecular weight is 185 g/mol. The van der Waals surface area contributed by atoms with Crippen LogP contribution in [0.4, 0.5) is 0 Å². The lowest BCUT2D eigenvalue weighted by molar-refractivity contribution is -0.143. The molecule has 0 saturated heterocycles. The van der Waals surface area contributed by atoms with Crippen molar-refractivity contribution < 1.29 is 14.3 Å². The second-order valence-corrected chi connectivity index (χ2v) is 2.69. The molecule has 0 rings (SSSR count). The largest absolute Gasteiger partial charge is 0.469 e. The Balaban J connectivity index is 3.64. The van der Waals surface area contributed by atoms with Crippen molar-refractivity contribution in [2.24, 2.45) is 0 Å². The van der Waals surface area contributed by atoms with Crippen molar-refractivity contribution in [2.75, 3.05) is 14.2 Å². The van der Waals surface area contributed by atoms with E-state index in [2.05, 4.69) is 4.74 Å². The van der Waals surface area contributed by atoms with E-state index in [9.17, 15) is 4.79 Å². The van der Waals surface area contributed by atoms with Crippen LogP contribution in [0.15, 0.2) is 0 Å². The summed E-state index contributed by atoms with van der Waals surface area (Å²) < 4.78 is 9.56. The summed E-state index contributed by atoms with van der Waals surface area (Å²) in [7, 11) is 2.91. The van der Waals surface area contributed by atoms with Crippen molar-refractivity contribution in [3.05, 3.63) is 0 Å². The minimum atomic E-state index is -0.274. The molecule has 0 aliphatic heterocycles. The number of nitriles is 1. The fourth-order valence-corrected chi connectivity index (χ4v) is 0.981. The van der Waals surface area contributed by atoms with Gasteiger partial charge in [0, 0.05) is 13.5 Å². The molecule has 0 bridgehead atoms. The summed E-state index contributed by atoms with van der Waals surface area (Å²) in [5, 5.41) is 8.30. The molecule has 13 heavy (non-hydrogen) atoms. The summed E-state index contributed by atoms with van der Waals surface area (Å²) in [6.45, 7) is 0. The van der Waals surface area contributed by atoms with Crippen LogP contribution < -0.4 is 0 Å². The second kappa shape index (κ2) is 7.56. The van der Waals surface area contributed by atoms with E-state index in [1.165, 1.54) is 7.11 Å². The molecule has 74 valence electrons. The molecule has 0 radical (unpaired) electrons. The van der Waals surface area contributed by atoms with Gasteiger partial charge < -0.3 is 9.47 Å². The van der Waals surface area contributed by atoms with Gasteiger partial charge in [-0.25, -0.2) is 0 Å². The maximum absolute atomic E-state index is 10.8. The molecule has 0 aromatic heterocycles. The highest BCUT2D eigenvalue weighted by molar-refractivity contribution is 5.69. The highest BCUT2D eigenvalue weighted by Gasteiger charge is 2.12. The number of unbranched alkanes of at least 4 members (excludes halogenated alkanes) is 1. The number of carbonyl (C=O) groups is 1. The van der Waals surface area contributed by atoms with Crippen molar-refractivity contribution in [1.82, 2.24) is 0 Å². The zero-order valence-electron chi connectivity index (χ0n) is 8.08. The van der Waals surface area contributed by atoms with Crippen molar-refractivity contribution in [1.29, 1.82) is 5.26 Å². The van der Waals surface area contributed by atoms with Gasteiger partial charge in [0.2, 0.25) is 0 Å². The van der Waals surface area contributed by atoms with Gasteiger partial charge in [-0.3, -0.25) is 4.79 Å². The Kier molecular flexibility index (Phi) is 6.93. The van der Waals surface area contributed by atoms with Crippen LogP contribution in [-0.4, -0.2) is 26.3 Å². The van der Waals surface area contributed by atoms with Crippen LogP contribution in [0, 0.1) is 11.3 Å². The van der Waals surface area contributed by atoms with E-state index in [0.29, 0.717) is 6.42 Å². The zero-order valence-corrected chi connectivity index (χ0v) is 8.08. The molecule has 0 aliphatic carbocycles. The molecule has 1 atom stereocenters. The average Bonchev–Trinajstić information content (AvgIpc) is 2.16. The highest BCUT2D eigenvalue weighted by atomic mass is 16.5. The van der Waals surface area contributed by atoms with Crippen LogP contribution >= 0.6 is 0 Å². The normalized spacial score (nSPS) is 11.8. The number of carbonyl (C=O) groups excluding carboxylic acids is 1. The quantitative estimate of drug-likeness (QED) is 0.461. The van der Waals surface area contributed by atoms with Crippen molar-refractivity contribution in [2.45, 2.75) is 31.8 Å². The first kappa shape index (κ1) is 11.9. The molecule has 0 fully saturated rings. The van der Waals surface area contributed by atoms with Gasteiger partial charge in [-0.05, 0) is 12.8 Å². The number of esters is 1. The molecule has 0 spiro atoms. The maximum Gasteiger partial charge on any atom is 0.308 e. The van der Waals surface area contributed by atoms with Gasteiger partial charge in [-0.2, -0.15) is 5.26 Å². The SMILES string of the molecule is COC(=O)CC(CCCC#N)OC. The number of hydrogen-bond acceptors (Lipinski definition) is 4. The smallest absolute Gasteiger partial charge is 0.308 e. The van der Waals surface area contributed by atoms with E-state index in [0.717, 1.165) is 12.8 Å². The minimum Gasteiger partial charge on any atom is -0.469 e. The van der Waals surface area contributed by atoms with Crippen molar-refractivity contribution >= 4 is 5.97 Å². The fourth-order valence-electron chi connectivity index (χ4n) is 0.981. The molecular weight excluding hydrogens is 170 g/mol. The van der Waals surface area contributed by atoms with Gasteiger partial charge in [0.1, 0.15) is 0 Å². The number of rotatable bonds is 6. The number of methoxy groups -OCH3 is 2. The molecule has 0 heterocycles.